The number of hydrogen-bond acceptors (Lipinski definition) is 5. The molecule has 1 amide bonds. The van der Waals surface area contributed by atoms with Crippen LogP contribution in [0.15, 0.2) is 27.8 Å². The summed E-state index contributed by atoms with van der Waals surface area (Å²) in [4.78, 5) is 24.3. The molecule has 3 aliphatic heterocycles. The summed E-state index contributed by atoms with van der Waals surface area (Å²) in [7, 11) is 0. The van der Waals surface area contributed by atoms with E-state index >= 15 is 0 Å². The molecular formula is C12H9N3O3S2. The third kappa shape index (κ3) is 1.58. The summed E-state index contributed by atoms with van der Waals surface area (Å²) in [6, 6.07) is 1.96. The molecule has 1 aromatic heterocycles. The van der Waals surface area contributed by atoms with Crippen molar-refractivity contribution in [1.82, 2.24) is 14.7 Å². The van der Waals surface area contributed by atoms with Crippen molar-refractivity contribution in [2.75, 3.05) is 5.75 Å². The van der Waals surface area contributed by atoms with Crippen molar-refractivity contribution < 1.29 is 14.7 Å². The minimum absolute atomic E-state index is 0.0602. The summed E-state index contributed by atoms with van der Waals surface area (Å²) in [5, 5.41) is 15.8. The summed E-state index contributed by atoms with van der Waals surface area (Å²) in [5.74, 6) is -0.268. The first-order valence-electron chi connectivity index (χ1n) is 6.00. The number of carboxylic acid groups (broad SMARTS) is 1. The lowest BCUT2D eigenvalue weighted by molar-refractivity contribution is -0.141. The largest absolute Gasteiger partial charge is 0.477 e. The maximum atomic E-state index is 12.0. The Morgan fingerprint density at radius 1 is 1.55 bits per heavy atom. The third-order valence-corrected chi connectivity index (χ3v) is 5.46. The standard InChI is InChI=1S/C12H9N3O3S2/c16-10-7(11-15(10)8(5-20-11)12(17)18)3-6-4-9-14(13-6)1-2-19-9/h3-5,11H,1-2H2,(H,17,18)/b7-3+. The van der Waals surface area contributed by atoms with Crippen LogP contribution < -0.4 is 0 Å². The maximum Gasteiger partial charge on any atom is 0.353 e. The van der Waals surface area contributed by atoms with Gasteiger partial charge in [0.1, 0.15) is 11.1 Å². The van der Waals surface area contributed by atoms with Crippen molar-refractivity contribution in [2.24, 2.45) is 0 Å². The van der Waals surface area contributed by atoms with E-state index in [9.17, 15) is 9.59 Å². The number of amides is 1. The Morgan fingerprint density at radius 3 is 3.15 bits per heavy atom. The van der Waals surface area contributed by atoms with Gasteiger partial charge in [0.15, 0.2) is 0 Å². The fraction of sp³-hybridized carbons (Fsp3) is 0.250. The van der Waals surface area contributed by atoms with E-state index < -0.39 is 5.97 Å². The highest BCUT2D eigenvalue weighted by atomic mass is 32.2. The van der Waals surface area contributed by atoms with Gasteiger partial charge in [-0.15, -0.1) is 23.5 Å². The first kappa shape index (κ1) is 12.1. The normalized spacial score (nSPS) is 25.5. The number of carbonyl (C=O) groups excluding carboxylic acids is 1. The van der Waals surface area contributed by atoms with Crippen LogP contribution in [0.2, 0.25) is 0 Å². The molecule has 0 aliphatic carbocycles. The second kappa shape index (κ2) is 4.16. The number of carbonyl (C=O) groups is 2. The molecule has 4 rings (SSSR count). The van der Waals surface area contributed by atoms with Gasteiger partial charge >= 0.3 is 5.97 Å². The van der Waals surface area contributed by atoms with E-state index in [1.165, 1.54) is 22.1 Å². The molecule has 0 aromatic carbocycles. The van der Waals surface area contributed by atoms with E-state index in [2.05, 4.69) is 5.10 Å². The molecule has 8 heteroatoms. The van der Waals surface area contributed by atoms with Crippen molar-refractivity contribution in [1.29, 1.82) is 0 Å². The van der Waals surface area contributed by atoms with Gasteiger partial charge in [-0.2, -0.15) is 5.10 Å². The van der Waals surface area contributed by atoms with E-state index in [-0.39, 0.29) is 17.0 Å². The number of aliphatic carboxylic acids is 1. The number of thioether (sulfide) groups is 2. The number of aromatic nitrogens is 2. The van der Waals surface area contributed by atoms with E-state index in [1.807, 2.05) is 10.7 Å². The first-order chi connectivity index (χ1) is 9.65. The molecule has 1 unspecified atom stereocenters. The highest BCUT2D eigenvalue weighted by Gasteiger charge is 2.49. The quantitative estimate of drug-likeness (QED) is 0.654. The van der Waals surface area contributed by atoms with E-state index in [0.29, 0.717) is 5.57 Å². The van der Waals surface area contributed by atoms with Gasteiger partial charge in [0.2, 0.25) is 0 Å². The average molecular weight is 307 g/mol. The molecule has 1 N–H and O–H groups in total. The molecule has 1 saturated heterocycles. The van der Waals surface area contributed by atoms with Gasteiger partial charge in [0.05, 0.1) is 22.8 Å². The van der Waals surface area contributed by atoms with Crippen molar-refractivity contribution in [3.05, 3.63) is 28.4 Å². The smallest absolute Gasteiger partial charge is 0.353 e. The second-order valence-electron chi connectivity index (χ2n) is 4.55. The zero-order valence-corrected chi connectivity index (χ0v) is 11.8. The molecule has 102 valence electrons. The van der Waals surface area contributed by atoms with Gasteiger partial charge < -0.3 is 5.11 Å². The van der Waals surface area contributed by atoms with Crippen LogP contribution >= 0.6 is 23.5 Å². The minimum atomic E-state index is -1.07. The summed E-state index contributed by atoms with van der Waals surface area (Å²) in [6.07, 6.45) is 1.76. The number of nitrogens with zero attached hydrogens (tertiary/aromatic N) is 3. The Labute approximate surface area is 122 Å². The third-order valence-electron chi connectivity index (χ3n) is 3.37. The van der Waals surface area contributed by atoms with Crippen LogP contribution in [-0.4, -0.2) is 42.8 Å². The molecule has 0 saturated carbocycles. The molecule has 3 aliphatic rings. The molecule has 1 atom stereocenters. The second-order valence-corrected chi connectivity index (χ2v) is 6.62. The van der Waals surface area contributed by atoms with Gasteiger partial charge in [-0.3, -0.25) is 14.4 Å². The zero-order valence-electron chi connectivity index (χ0n) is 10.1. The lowest BCUT2D eigenvalue weighted by Gasteiger charge is -2.36. The van der Waals surface area contributed by atoms with Crippen LogP contribution in [0.3, 0.4) is 0 Å². The molecular weight excluding hydrogens is 298 g/mol. The maximum absolute atomic E-state index is 12.0. The molecule has 0 bridgehead atoms. The van der Waals surface area contributed by atoms with Gasteiger partial charge in [-0.25, -0.2) is 4.79 Å². The van der Waals surface area contributed by atoms with E-state index in [4.69, 9.17) is 5.11 Å². The monoisotopic (exact) mass is 307 g/mol. The number of fused-ring (bicyclic) bond motifs is 2. The van der Waals surface area contributed by atoms with Crippen LogP contribution in [-0.2, 0) is 16.1 Å². The Hall–Kier alpha value is -1.67. The fourth-order valence-corrected chi connectivity index (χ4v) is 4.50. The predicted octanol–water partition coefficient (Wildman–Crippen LogP) is 1.21. The van der Waals surface area contributed by atoms with Crippen molar-refractivity contribution >= 4 is 41.5 Å². The summed E-state index contributed by atoms with van der Waals surface area (Å²) in [5.41, 5.74) is 1.44. The van der Waals surface area contributed by atoms with Crippen LogP contribution in [0.4, 0.5) is 0 Å². The fourth-order valence-electron chi connectivity index (χ4n) is 2.43. The predicted molar refractivity (Wildman–Crippen MR) is 74.9 cm³/mol. The lowest BCUT2D eigenvalue weighted by Crippen LogP contribution is -2.51. The van der Waals surface area contributed by atoms with Crippen LogP contribution in [0.1, 0.15) is 5.69 Å². The topological polar surface area (TPSA) is 75.4 Å². The van der Waals surface area contributed by atoms with Gasteiger partial charge in [-0.1, -0.05) is 0 Å². The van der Waals surface area contributed by atoms with Crippen LogP contribution in [0.25, 0.3) is 6.08 Å². The number of carboxylic acids is 1. The van der Waals surface area contributed by atoms with Gasteiger partial charge in [0.25, 0.3) is 5.91 Å². The van der Waals surface area contributed by atoms with Crippen LogP contribution in [0.5, 0.6) is 0 Å². The van der Waals surface area contributed by atoms with Gasteiger partial charge in [0, 0.05) is 11.2 Å². The Kier molecular flexibility index (Phi) is 2.52. The summed E-state index contributed by atoms with van der Waals surface area (Å²) < 4.78 is 1.93. The molecule has 0 spiro atoms. The summed E-state index contributed by atoms with van der Waals surface area (Å²) >= 11 is 3.09. The minimum Gasteiger partial charge on any atom is -0.477 e. The summed E-state index contributed by atoms with van der Waals surface area (Å²) in [6.45, 7) is 0.895. The molecule has 1 fully saturated rings. The number of β-lactam (4-membered cyclic amide) rings is 1. The van der Waals surface area contributed by atoms with Crippen molar-refractivity contribution in [2.45, 2.75) is 16.9 Å². The highest BCUT2D eigenvalue weighted by molar-refractivity contribution is 8.03. The number of hydrogen-bond donors (Lipinski definition) is 1. The molecule has 6 nitrogen and oxygen atoms in total. The number of aryl methyl sites for hydroxylation is 1. The first-order valence-corrected chi connectivity index (χ1v) is 7.93. The average Bonchev–Trinajstić information content (AvgIpc) is 3.07. The molecule has 0 radical (unpaired) electrons. The van der Waals surface area contributed by atoms with Crippen molar-refractivity contribution in [3.63, 3.8) is 0 Å². The Bertz CT molecular complexity index is 685. The Balaban J connectivity index is 1.61. The zero-order chi connectivity index (χ0) is 13.9. The van der Waals surface area contributed by atoms with E-state index in [1.54, 1.807) is 17.8 Å². The lowest BCUT2D eigenvalue weighted by atomic mass is 10.0. The Morgan fingerprint density at radius 2 is 2.40 bits per heavy atom. The van der Waals surface area contributed by atoms with Crippen LogP contribution in [0, 0.1) is 0 Å². The number of rotatable bonds is 2. The molecule has 1 aromatic rings. The SMILES string of the molecule is O=C(O)C1=CSC2/C(=C/c3cc4n(n3)CCS4)C(=O)N12. The highest BCUT2D eigenvalue weighted by Crippen LogP contribution is 2.45. The van der Waals surface area contributed by atoms with Crippen molar-refractivity contribution in [3.8, 4) is 0 Å². The molecule has 4 heterocycles. The van der Waals surface area contributed by atoms with E-state index in [0.717, 1.165) is 23.0 Å². The van der Waals surface area contributed by atoms with Gasteiger partial charge in [-0.05, 0) is 12.1 Å². The molecule has 20 heavy (non-hydrogen) atoms.